The summed E-state index contributed by atoms with van der Waals surface area (Å²) in [4.78, 5) is 3.57. The van der Waals surface area contributed by atoms with Gasteiger partial charge in [0, 0.05) is 13.0 Å². The van der Waals surface area contributed by atoms with Gasteiger partial charge in [-0.15, -0.1) is 0 Å². The maximum atomic E-state index is 13.0. The van der Waals surface area contributed by atoms with Crippen LogP contribution in [0.15, 0.2) is 4.42 Å². The molecular weight excluding hydrogens is 180 g/mol. The minimum Gasteiger partial charge on any atom is -0.440 e. The van der Waals surface area contributed by atoms with Crippen molar-refractivity contribution in [2.45, 2.75) is 26.2 Å². The standard InChI is InChI=1S/C8H11F2NO2/c1-5-6(2)13-7(11-5)8(9,10)3-4-12/h12H,3-4H2,1-2H3. The largest absolute Gasteiger partial charge is 0.440 e. The van der Waals surface area contributed by atoms with Gasteiger partial charge in [-0.05, 0) is 13.8 Å². The van der Waals surface area contributed by atoms with E-state index in [0.29, 0.717) is 11.5 Å². The number of oxazole rings is 1. The highest BCUT2D eigenvalue weighted by molar-refractivity contribution is 5.08. The molecule has 5 heteroatoms. The molecule has 0 fully saturated rings. The normalized spacial score (nSPS) is 12.1. The van der Waals surface area contributed by atoms with E-state index in [1.807, 2.05) is 0 Å². The highest BCUT2D eigenvalue weighted by Gasteiger charge is 2.36. The van der Waals surface area contributed by atoms with Crippen molar-refractivity contribution in [1.29, 1.82) is 0 Å². The zero-order chi connectivity index (χ0) is 10.1. The topological polar surface area (TPSA) is 46.3 Å². The van der Waals surface area contributed by atoms with Crippen LogP contribution in [0.4, 0.5) is 8.78 Å². The molecule has 0 saturated carbocycles. The molecule has 0 aliphatic rings. The minimum absolute atomic E-state index is 0.382. The molecule has 0 bridgehead atoms. The number of halogens is 2. The average molecular weight is 191 g/mol. The summed E-state index contributed by atoms with van der Waals surface area (Å²) in [6.07, 6.45) is -0.660. The van der Waals surface area contributed by atoms with Crippen molar-refractivity contribution < 1.29 is 18.3 Å². The SMILES string of the molecule is Cc1nc(C(F)(F)CCO)oc1C. The third kappa shape index (κ3) is 2.03. The first kappa shape index (κ1) is 10.1. The number of alkyl halides is 2. The maximum absolute atomic E-state index is 13.0. The maximum Gasteiger partial charge on any atom is 0.324 e. The number of nitrogens with zero attached hydrogens (tertiary/aromatic N) is 1. The molecule has 74 valence electrons. The van der Waals surface area contributed by atoms with Crippen LogP contribution in [0.25, 0.3) is 0 Å². The van der Waals surface area contributed by atoms with Gasteiger partial charge in [-0.2, -0.15) is 8.78 Å². The molecule has 0 spiro atoms. The summed E-state index contributed by atoms with van der Waals surface area (Å²) in [5.74, 6) is -3.41. The summed E-state index contributed by atoms with van der Waals surface area (Å²) in [6, 6.07) is 0. The average Bonchev–Trinajstić information content (AvgIpc) is 2.33. The third-order valence-corrected chi connectivity index (χ3v) is 1.77. The van der Waals surface area contributed by atoms with E-state index in [9.17, 15) is 8.78 Å². The number of aryl methyl sites for hydroxylation is 2. The van der Waals surface area contributed by atoms with Crippen molar-refractivity contribution in [2.24, 2.45) is 0 Å². The molecule has 3 nitrogen and oxygen atoms in total. The summed E-state index contributed by atoms with van der Waals surface area (Å²) >= 11 is 0. The molecule has 0 aliphatic carbocycles. The Kier molecular flexibility index (Phi) is 2.66. The van der Waals surface area contributed by atoms with Crippen molar-refractivity contribution in [3.05, 3.63) is 17.3 Å². The van der Waals surface area contributed by atoms with E-state index in [2.05, 4.69) is 4.98 Å². The molecule has 0 unspecified atom stereocenters. The molecule has 0 radical (unpaired) electrons. The Morgan fingerprint density at radius 1 is 1.46 bits per heavy atom. The fourth-order valence-corrected chi connectivity index (χ4v) is 0.877. The second kappa shape index (κ2) is 3.41. The molecule has 0 amide bonds. The van der Waals surface area contributed by atoms with E-state index >= 15 is 0 Å². The van der Waals surface area contributed by atoms with E-state index in [1.54, 1.807) is 13.8 Å². The van der Waals surface area contributed by atoms with Crippen molar-refractivity contribution in [2.75, 3.05) is 6.61 Å². The molecule has 0 saturated heterocycles. The molecule has 1 heterocycles. The lowest BCUT2D eigenvalue weighted by molar-refractivity contribution is -0.0513. The van der Waals surface area contributed by atoms with E-state index in [1.165, 1.54) is 0 Å². The van der Waals surface area contributed by atoms with Gasteiger partial charge in [-0.25, -0.2) is 4.98 Å². The van der Waals surface area contributed by atoms with Crippen LogP contribution in [-0.4, -0.2) is 16.7 Å². The molecule has 0 atom stereocenters. The second-order valence-electron chi connectivity index (χ2n) is 2.84. The minimum atomic E-state index is -3.17. The van der Waals surface area contributed by atoms with Crippen molar-refractivity contribution in [3.8, 4) is 0 Å². The zero-order valence-corrected chi connectivity index (χ0v) is 7.47. The van der Waals surface area contributed by atoms with E-state index in [-0.39, 0.29) is 0 Å². The first-order valence-electron chi connectivity index (χ1n) is 3.90. The van der Waals surface area contributed by atoms with Crippen LogP contribution in [0, 0.1) is 13.8 Å². The van der Waals surface area contributed by atoms with Crippen molar-refractivity contribution in [1.82, 2.24) is 4.98 Å². The molecule has 1 N–H and O–H groups in total. The predicted octanol–water partition coefficient (Wildman–Crippen LogP) is 1.77. The van der Waals surface area contributed by atoms with Crippen molar-refractivity contribution >= 4 is 0 Å². The van der Waals surface area contributed by atoms with Crippen LogP contribution in [0.2, 0.25) is 0 Å². The van der Waals surface area contributed by atoms with Crippen molar-refractivity contribution in [3.63, 3.8) is 0 Å². The van der Waals surface area contributed by atoms with Crippen LogP contribution in [0.5, 0.6) is 0 Å². The molecule has 1 aromatic heterocycles. The van der Waals surface area contributed by atoms with Gasteiger partial charge in [-0.3, -0.25) is 0 Å². The Hall–Kier alpha value is -0.970. The molecule has 0 aliphatic heterocycles. The monoisotopic (exact) mass is 191 g/mol. The number of rotatable bonds is 3. The van der Waals surface area contributed by atoms with Crippen LogP contribution in [0.1, 0.15) is 23.8 Å². The smallest absolute Gasteiger partial charge is 0.324 e. The van der Waals surface area contributed by atoms with Crippen LogP contribution >= 0.6 is 0 Å². The van der Waals surface area contributed by atoms with Crippen LogP contribution in [0.3, 0.4) is 0 Å². The lowest BCUT2D eigenvalue weighted by atomic mass is 10.2. The van der Waals surface area contributed by atoms with Crippen LogP contribution < -0.4 is 0 Å². The van der Waals surface area contributed by atoms with Gasteiger partial charge in [0.15, 0.2) is 0 Å². The summed E-state index contributed by atoms with van der Waals surface area (Å²) in [6.45, 7) is 2.58. The molecule has 0 aromatic carbocycles. The Labute approximate surface area is 74.4 Å². The van der Waals surface area contributed by atoms with Crippen LogP contribution in [-0.2, 0) is 5.92 Å². The van der Waals surface area contributed by atoms with E-state index in [0.717, 1.165) is 0 Å². The number of aromatic nitrogens is 1. The van der Waals surface area contributed by atoms with Gasteiger partial charge in [-0.1, -0.05) is 0 Å². The van der Waals surface area contributed by atoms with Gasteiger partial charge < -0.3 is 9.52 Å². The van der Waals surface area contributed by atoms with E-state index in [4.69, 9.17) is 9.52 Å². The lowest BCUT2D eigenvalue weighted by Crippen LogP contribution is -2.15. The zero-order valence-electron chi connectivity index (χ0n) is 7.47. The summed E-state index contributed by atoms with van der Waals surface area (Å²) in [5, 5.41) is 8.39. The first-order chi connectivity index (χ1) is 5.97. The molecule has 13 heavy (non-hydrogen) atoms. The lowest BCUT2D eigenvalue weighted by Gasteiger charge is -2.09. The first-order valence-corrected chi connectivity index (χ1v) is 3.90. The Balaban J connectivity index is 2.93. The van der Waals surface area contributed by atoms with E-state index < -0.39 is 24.8 Å². The predicted molar refractivity (Wildman–Crippen MR) is 41.6 cm³/mol. The molecular formula is C8H11F2NO2. The number of aliphatic hydroxyl groups is 1. The molecule has 1 rings (SSSR count). The Bertz CT molecular complexity index is 277. The fraction of sp³-hybridized carbons (Fsp3) is 0.625. The van der Waals surface area contributed by atoms with Gasteiger partial charge in [0.2, 0.25) is 0 Å². The summed E-state index contributed by atoms with van der Waals surface area (Å²) in [5.41, 5.74) is 0.451. The number of aliphatic hydroxyl groups excluding tert-OH is 1. The summed E-state index contributed by atoms with van der Waals surface area (Å²) in [7, 11) is 0. The fourth-order valence-electron chi connectivity index (χ4n) is 0.877. The highest BCUT2D eigenvalue weighted by Crippen LogP contribution is 2.31. The quantitative estimate of drug-likeness (QED) is 0.791. The van der Waals surface area contributed by atoms with Gasteiger partial charge >= 0.3 is 5.92 Å². The highest BCUT2D eigenvalue weighted by atomic mass is 19.3. The van der Waals surface area contributed by atoms with Gasteiger partial charge in [0.1, 0.15) is 5.76 Å². The summed E-state index contributed by atoms with van der Waals surface area (Å²) < 4.78 is 30.8. The third-order valence-electron chi connectivity index (χ3n) is 1.77. The Morgan fingerprint density at radius 2 is 2.08 bits per heavy atom. The second-order valence-corrected chi connectivity index (χ2v) is 2.84. The Morgan fingerprint density at radius 3 is 2.46 bits per heavy atom. The van der Waals surface area contributed by atoms with Gasteiger partial charge in [0.05, 0.1) is 5.69 Å². The number of hydrogen-bond acceptors (Lipinski definition) is 3. The van der Waals surface area contributed by atoms with Gasteiger partial charge in [0.25, 0.3) is 5.89 Å². The molecule has 1 aromatic rings. The number of hydrogen-bond donors (Lipinski definition) is 1.